The van der Waals surface area contributed by atoms with Crippen LogP contribution >= 0.6 is 0 Å². The smallest absolute Gasteiger partial charge is 0.335 e. The maximum Gasteiger partial charge on any atom is 0.335 e. The summed E-state index contributed by atoms with van der Waals surface area (Å²) in [5.74, 6) is -2.42. The largest absolute Gasteiger partial charge is 0.425 e. The Kier molecular flexibility index (Phi) is 15.8. The summed E-state index contributed by atoms with van der Waals surface area (Å²) in [5, 5.41) is 0. The average molecular weight is 371 g/mol. The zero-order valence-electron chi connectivity index (χ0n) is 17.7. The zero-order chi connectivity index (χ0) is 19.7. The van der Waals surface area contributed by atoms with Crippen LogP contribution in [-0.4, -0.2) is 11.8 Å². The highest BCUT2D eigenvalue weighted by molar-refractivity contribution is 5.87. The molecule has 154 valence electrons. The van der Waals surface area contributed by atoms with E-state index in [2.05, 4.69) is 20.4 Å². The van der Waals surface area contributed by atoms with Crippen LogP contribution in [0.2, 0.25) is 0 Å². The van der Waals surface area contributed by atoms with E-state index >= 15 is 4.39 Å². The summed E-state index contributed by atoms with van der Waals surface area (Å²) in [6, 6.07) is 0. The van der Waals surface area contributed by atoms with Crippen molar-refractivity contribution in [2.24, 2.45) is 0 Å². The van der Waals surface area contributed by atoms with Gasteiger partial charge in [-0.25, -0.2) is 4.79 Å². The molecule has 0 aliphatic rings. The van der Waals surface area contributed by atoms with Crippen LogP contribution in [-0.2, 0) is 9.53 Å². The molecule has 1 unspecified atom stereocenters. The van der Waals surface area contributed by atoms with Gasteiger partial charge < -0.3 is 4.74 Å². The van der Waals surface area contributed by atoms with Crippen molar-refractivity contribution in [3.05, 3.63) is 12.2 Å². The Hall–Kier alpha value is -0.860. The molecule has 0 saturated heterocycles. The van der Waals surface area contributed by atoms with Crippen molar-refractivity contribution in [2.45, 2.75) is 129 Å². The molecule has 0 bridgehead atoms. The van der Waals surface area contributed by atoms with Crippen LogP contribution in [0, 0.1) is 0 Å². The Morgan fingerprint density at radius 1 is 0.769 bits per heavy atom. The number of unbranched alkanes of at least 4 members (excludes halogenated alkanes) is 12. The second-order valence-corrected chi connectivity index (χ2v) is 7.80. The SMILES string of the molecule is C=C(C)C(=O)OC(F)(CCCCCC)CCCCCCCCCCCC. The summed E-state index contributed by atoms with van der Waals surface area (Å²) in [4.78, 5) is 11.8. The van der Waals surface area contributed by atoms with Gasteiger partial charge in [0.15, 0.2) is 0 Å². The van der Waals surface area contributed by atoms with Gasteiger partial charge in [0.05, 0.1) is 0 Å². The molecular weight excluding hydrogens is 327 g/mol. The predicted octanol–water partition coefficient (Wildman–Crippen LogP) is 8.05. The van der Waals surface area contributed by atoms with Crippen molar-refractivity contribution < 1.29 is 13.9 Å². The minimum Gasteiger partial charge on any atom is -0.425 e. The van der Waals surface area contributed by atoms with Gasteiger partial charge in [-0.15, -0.1) is 0 Å². The van der Waals surface area contributed by atoms with Crippen LogP contribution in [0.1, 0.15) is 124 Å². The van der Waals surface area contributed by atoms with Crippen molar-refractivity contribution >= 4 is 5.97 Å². The molecule has 0 rings (SSSR count). The number of halogens is 1. The predicted molar refractivity (Wildman–Crippen MR) is 110 cm³/mol. The average Bonchev–Trinajstić information content (AvgIpc) is 2.60. The van der Waals surface area contributed by atoms with Gasteiger partial charge in [0, 0.05) is 18.4 Å². The molecular formula is C23H43FO2. The first-order valence-electron chi connectivity index (χ1n) is 11.0. The van der Waals surface area contributed by atoms with Crippen molar-refractivity contribution in [2.75, 3.05) is 0 Å². The number of carbonyl (C=O) groups excluding carboxylic acids is 1. The van der Waals surface area contributed by atoms with Crippen LogP contribution in [0.3, 0.4) is 0 Å². The van der Waals surface area contributed by atoms with E-state index in [0.29, 0.717) is 12.8 Å². The minimum absolute atomic E-state index is 0.267. The van der Waals surface area contributed by atoms with E-state index < -0.39 is 11.8 Å². The number of ether oxygens (including phenoxy) is 1. The van der Waals surface area contributed by atoms with Crippen LogP contribution in [0.25, 0.3) is 0 Å². The van der Waals surface area contributed by atoms with Crippen LogP contribution in [0.15, 0.2) is 12.2 Å². The molecule has 0 amide bonds. The van der Waals surface area contributed by atoms with E-state index in [1.807, 2.05) is 0 Å². The first-order valence-corrected chi connectivity index (χ1v) is 11.0. The second-order valence-electron chi connectivity index (χ2n) is 7.80. The molecule has 0 fully saturated rings. The summed E-state index contributed by atoms with van der Waals surface area (Å²) in [7, 11) is 0. The Balaban J connectivity index is 4.02. The lowest BCUT2D eigenvalue weighted by Crippen LogP contribution is -2.30. The Bertz CT molecular complexity index is 367. The van der Waals surface area contributed by atoms with Crippen molar-refractivity contribution in [1.82, 2.24) is 0 Å². The third-order valence-electron chi connectivity index (χ3n) is 4.93. The van der Waals surface area contributed by atoms with Crippen LogP contribution in [0.5, 0.6) is 0 Å². The Labute approximate surface area is 162 Å². The number of alkyl halides is 1. The monoisotopic (exact) mass is 370 g/mol. The lowest BCUT2D eigenvalue weighted by molar-refractivity contribution is -0.182. The van der Waals surface area contributed by atoms with Gasteiger partial charge in [-0.2, -0.15) is 4.39 Å². The molecule has 0 aromatic carbocycles. The molecule has 0 saturated carbocycles. The van der Waals surface area contributed by atoms with Gasteiger partial charge in [-0.05, 0) is 19.8 Å². The highest BCUT2D eigenvalue weighted by Crippen LogP contribution is 2.29. The first kappa shape index (κ1) is 25.1. The quantitative estimate of drug-likeness (QED) is 0.138. The van der Waals surface area contributed by atoms with Gasteiger partial charge in [-0.1, -0.05) is 97.5 Å². The highest BCUT2D eigenvalue weighted by atomic mass is 19.2. The molecule has 0 aromatic rings. The van der Waals surface area contributed by atoms with Crippen LogP contribution < -0.4 is 0 Å². The first-order chi connectivity index (χ1) is 12.4. The summed E-state index contributed by atoms with van der Waals surface area (Å²) >= 11 is 0. The van der Waals surface area contributed by atoms with E-state index in [4.69, 9.17) is 4.74 Å². The third-order valence-corrected chi connectivity index (χ3v) is 4.93. The van der Waals surface area contributed by atoms with Gasteiger partial charge in [-0.3, -0.25) is 0 Å². The molecule has 0 aliphatic heterocycles. The number of carbonyl (C=O) groups is 1. The Morgan fingerprint density at radius 2 is 1.12 bits per heavy atom. The summed E-state index contributed by atoms with van der Waals surface area (Å²) in [5.41, 5.74) is 0.267. The van der Waals surface area contributed by atoms with Gasteiger partial charge in [0.25, 0.3) is 5.85 Å². The highest BCUT2D eigenvalue weighted by Gasteiger charge is 2.33. The van der Waals surface area contributed by atoms with Crippen molar-refractivity contribution in [3.63, 3.8) is 0 Å². The fraction of sp³-hybridized carbons (Fsp3) is 0.870. The molecule has 26 heavy (non-hydrogen) atoms. The molecule has 2 nitrogen and oxygen atoms in total. The Morgan fingerprint density at radius 3 is 1.50 bits per heavy atom. The van der Waals surface area contributed by atoms with Gasteiger partial charge >= 0.3 is 5.97 Å². The molecule has 1 atom stereocenters. The maximum absolute atomic E-state index is 15.1. The second kappa shape index (κ2) is 16.3. The normalized spacial score (nSPS) is 13.4. The fourth-order valence-electron chi connectivity index (χ4n) is 3.17. The van der Waals surface area contributed by atoms with E-state index in [9.17, 15) is 4.79 Å². The summed E-state index contributed by atoms with van der Waals surface area (Å²) in [6.07, 6.45) is 16.7. The zero-order valence-corrected chi connectivity index (χ0v) is 17.7. The van der Waals surface area contributed by atoms with E-state index in [0.717, 1.165) is 44.9 Å². The number of esters is 1. The lowest BCUT2D eigenvalue weighted by atomic mass is 10.00. The standard InChI is InChI=1S/C23H43FO2/c1-5-7-9-11-12-13-14-15-16-18-20-23(24,19-17-10-8-6-2)26-22(25)21(3)4/h3,5-20H2,1-2,4H3. The number of hydrogen-bond donors (Lipinski definition) is 0. The molecule has 0 aromatic heterocycles. The lowest BCUT2D eigenvalue weighted by Gasteiger charge is -2.25. The maximum atomic E-state index is 15.1. The van der Waals surface area contributed by atoms with E-state index in [-0.39, 0.29) is 5.57 Å². The third kappa shape index (κ3) is 14.3. The van der Waals surface area contributed by atoms with Gasteiger partial charge in [0.2, 0.25) is 0 Å². The van der Waals surface area contributed by atoms with Gasteiger partial charge in [0.1, 0.15) is 0 Å². The molecule has 0 aliphatic carbocycles. The fourth-order valence-corrected chi connectivity index (χ4v) is 3.17. The molecule has 0 spiro atoms. The number of hydrogen-bond acceptors (Lipinski definition) is 2. The van der Waals surface area contributed by atoms with Crippen molar-refractivity contribution in [1.29, 1.82) is 0 Å². The topological polar surface area (TPSA) is 26.3 Å². The molecule has 0 radical (unpaired) electrons. The van der Waals surface area contributed by atoms with Crippen LogP contribution in [0.4, 0.5) is 4.39 Å². The van der Waals surface area contributed by atoms with E-state index in [1.165, 1.54) is 44.9 Å². The van der Waals surface area contributed by atoms with E-state index in [1.54, 1.807) is 6.92 Å². The molecule has 0 N–H and O–H groups in total. The number of rotatable bonds is 18. The van der Waals surface area contributed by atoms with Crippen molar-refractivity contribution in [3.8, 4) is 0 Å². The summed E-state index contributed by atoms with van der Waals surface area (Å²) in [6.45, 7) is 9.51. The minimum atomic E-state index is -1.82. The summed E-state index contributed by atoms with van der Waals surface area (Å²) < 4.78 is 20.3. The molecule has 0 heterocycles. The molecule has 3 heteroatoms.